The number of rotatable bonds is 6. The van der Waals surface area contributed by atoms with Gasteiger partial charge in [0.25, 0.3) is 26.0 Å². The number of allylic oxidation sites excluding steroid dienone is 4. The molecule has 0 radical (unpaired) electrons. The second kappa shape index (κ2) is 8.44. The molecule has 0 saturated carbocycles. The third kappa shape index (κ3) is 4.41. The number of nitrogens with zero attached hydrogens (tertiary/aromatic N) is 1. The number of sulfonamides is 2. The summed E-state index contributed by atoms with van der Waals surface area (Å²) in [7, 11) is -6.81. The predicted octanol–water partition coefficient (Wildman–Crippen LogP) is 3.43. The molecular weight excluding hydrogens is 533 g/mol. The lowest BCUT2D eigenvalue weighted by molar-refractivity contribution is -0.140. The van der Waals surface area contributed by atoms with E-state index in [1.54, 1.807) is 11.4 Å². The molecule has 2 aromatic rings. The van der Waals surface area contributed by atoms with Gasteiger partial charge in [-0.1, -0.05) is 29.3 Å². The maximum absolute atomic E-state index is 13.1. The first-order valence-electron chi connectivity index (χ1n) is 9.21. The van der Waals surface area contributed by atoms with Crippen LogP contribution in [0.1, 0.15) is 6.42 Å². The van der Waals surface area contributed by atoms with Crippen LogP contribution in [-0.2, 0) is 29.6 Å². The molecule has 0 spiro atoms. The summed E-state index contributed by atoms with van der Waals surface area (Å²) < 4.78 is 56.1. The average Bonchev–Trinajstić information content (AvgIpc) is 3.37. The molecule has 1 atom stereocenters. The number of hydrogen-bond acceptors (Lipinski definition) is 7. The molecule has 1 aromatic heterocycles. The second-order valence-electron chi connectivity index (χ2n) is 7.16. The maximum Gasteiger partial charge on any atom is 0.294 e. The molecule has 2 N–H and O–H groups in total. The van der Waals surface area contributed by atoms with Crippen LogP contribution in [-0.4, -0.2) is 40.5 Å². The number of ketones is 1. The number of hydrogen-bond donors (Lipinski definition) is 2. The number of benzene rings is 1. The molecule has 1 aliphatic heterocycles. The highest BCUT2D eigenvalue weighted by Gasteiger charge is 2.44. The van der Waals surface area contributed by atoms with E-state index in [0.29, 0.717) is 5.70 Å². The van der Waals surface area contributed by atoms with Crippen LogP contribution in [0, 0.1) is 5.92 Å². The zero-order chi connectivity index (χ0) is 24.1. The van der Waals surface area contributed by atoms with Crippen molar-refractivity contribution in [3.05, 3.63) is 62.4 Å². The van der Waals surface area contributed by atoms with Gasteiger partial charge in [-0.15, -0.1) is 11.3 Å². The SMILES string of the molecule is CN1C(=O)C(=O)C2CC(S(=O)(=O)Nc3cc(Cl)c(Cl)cc3NS(=O)(=O)c3cccs3)=CC=C21. The highest BCUT2D eigenvalue weighted by Crippen LogP contribution is 2.38. The Hall–Kier alpha value is -2.38. The topological polar surface area (TPSA) is 130 Å². The Kier molecular flexibility index (Phi) is 6.08. The summed E-state index contributed by atoms with van der Waals surface area (Å²) in [4.78, 5) is 25.2. The number of amides is 1. The van der Waals surface area contributed by atoms with Crippen molar-refractivity contribution in [2.45, 2.75) is 10.6 Å². The van der Waals surface area contributed by atoms with Crippen molar-refractivity contribution in [3.63, 3.8) is 0 Å². The third-order valence-corrected chi connectivity index (χ3v) is 10.0. The molecule has 2 aliphatic rings. The van der Waals surface area contributed by atoms with E-state index >= 15 is 0 Å². The van der Waals surface area contributed by atoms with Gasteiger partial charge in [0, 0.05) is 19.2 Å². The van der Waals surface area contributed by atoms with Crippen LogP contribution in [0.4, 0.5) is 11.4 Å². The van der Waals surface area contributed by atoms with E-state index in [1.165, 1.54) is 42.3 Å². The minimum atomic E-state index is -4.24. The Balaban J connectivity index is 1.67. The lowest BCUT2D eigenvalue weighted by atomic mass is 9.96. The molecule has 14 heteroatoms. The van der Waals surface area contributed by atoms with Gasteiger partial charge in [-0.25, -0.2) is 16.8 Å². The highest BCUT2D eigenvalue weighted by molar-refractivity contribution is 7.96. The summed E-state index contributed by atoms with van der Waals surface area (Å²) in [6.45, 7) is 0. The molecule has 1 unspecified atom stereocenters. The van der Waals surface area contributed by atoms with E-state index in [2.05, 4.69) is 9.44 Å². The summed E-state index contributed by atoms with van der Waals surface area (Å²) in [6.07, 6.45) is 2.48. The van der Waals surface area contributed by atoms with Gasteiger partial charge in [0.1, 0.15) is 4.21 Å². The van der Waals surface area contributed by atoms with Gasteiger partial charge in [-0.2, -0.15) is 0 Å². The summed E-state index contributed by atoms with van der Waals surface area (Å²) in [5, 5.41) is 1.58. The van der Waals surface area contributed by atoms with E-state index < -0.39 is 37.7 Å². The van der Waals surface area contributed by atoms with Crippen molar-refractivity contribution in [1.29, 1.82) is 0 Å². The van der Waals surface area contributed by atoms with Gasteiger partial charge < -0.3 is 4.90 Å². The molecule has 1 fully saturated rings. The van der Waals surface area contributed by atoms with E-state index in [1.807, 2.05) is 0 Å². The Morgan fingerprint density at radius 3 is 2.18 bits per heavy atom. The van der Waals surface area contributed by atoms with Crippen LogP contribution in [0.2, 0.25) is 10.0 Å². The number of likely N-dealkylation sites (tertiary alicyclic amines) is 1. The number of thiophene rings is 1. The van der Waals surface area contributed by atoms with E-state index in [0.717, 1.165) is 11.3 Å². The molecule has 2 heterocycles. The molecule has 1 saturated heterocycles. The van der Waals surface area contributed by atoms with Gasteiger partial charge in [0.2, 0.25) is 5.78 Å². The molecule has 174 valence electrons. The van der Waals surface area contributed by atoms with E-state index in [9.17, 15) is 26.4 Å². The van der Waals surface area contributed by atoms with Crippen LogP contribution >= 0.6 is 34.5 Å². The lowest BCUT2D eigenvalue weighted by Crippen LogP contribution is -2.23. The Morgan fingerprint density at radius 1 is 1.00 bits per heavy atom. The predicted molar refractivity (Wildman–Crippen MR) is 126 cm³/mol. The quantitative estimate of drug-likeness (QED) is 0.533. The van der Waals surface area contributed by atoms with Gasteiger partial charge >= 0.3 is 0 Å². The van der Waals surface area contributed by atoms with Crippen molar-refractivity contribution in [1.82, 2.24) is 4.90 Å². The molecule has 1 aliphatic carbocycles. The van der Waals surface area contributed by atoms with Crippen molar-refractivity contribution in [3.8, 4) is 0 Å². The van der Waals surface area contributed by atoms with Gasteiger partial charge in [-0.05, 0) is 35.7 Å². The lowest BCUT2D eigenvalue weighted by Gasteiger charge is -2.21. The highest BCUT2D eigenvalue weighted by atomic mass is 35.5. The standard InChI is InChI=1S/C19H15Cl2N3O6S3/c1-24-16-5-4-10(7-11(16)18(25)19(24)26)32(27,28)22-14-8-12(20)13(21)9-15(14)23-33(29,30)17-3-2-6-31-17/h2-6,8-9,11,22-23H,7H2,1H3. The first-order chi connectivity index (χ1) is 15.4. The third-order valence-electron chi connectivity index (χ3n) is 5.08. The molecule has 1 aromatic carbocycles. The number of nitrogens with one attached hydrogen (secondary N) is 2. The van der Waals surface area contributed by atoms with Crippen LogP contribution < -0.4 is 9.44 Å². The fourth-order valence-electron chi connectivity index (χ4n) is 3.41. The second-order valence-corrected chi connectivity index (χ2v) is 12.6. The van der Waals surface area contributed by atoms with Crippen LogP contribution in [0.15, 0.2) is 56.6 Å². The fraction of sp³-hybridized carbons (Fsp3) is 0.158. The summed E-state index contributed by atoms with van der Waals surface area (Å²) in [6, 6.07) is 5.31. The van der Waals surface area contributed by atoms with Crippen molar-refractivity contribution in [2.75, 3.05) is 16.5 Å². The molecular formula is C19H15Cl2N3O6S3. The first-order valence-corrected chi connectivity index (χ1v) is 13.8. The van der Waals surface area contributed by atoms with Crippen LogP contribution in [0.3, 0.4) is 0 Å². The summed E-state index contributed by atoms with van der Waals surface area (Å²) >= 11 is 13.1. The average molecular weight is 548 g/mol. The number of anilines is 2. The number of Topliss-reactive ketones (excluding diaryl/α,β-unsaturated/α-hetero) is 1. The largest absolute Gasteiger partial charge is 0.312 e. The normalized spacial score (nSPS) is 18.6. The number of halogens is 2. The Morgan fingerprint density at radius 2 is 1.61 bits per heavy atom. The van der Waals surface area contributed by atoms with Crippen molar-refractivity contribution >= 4 is 77.7 Å². The van der Waals surface area contributed by atoms with E-state index in [4.69, 9.17) is 23.2 Å². The minimum Gasteiger partial charge on any atom is -0.312 e. The zero-order valence-electron chi connectivity index (χ0n) is 16.7. The van der Waals surface area contributed by atoms with Gasteiger partial charge in [0.15, 0.2) is 0 Å². The number of carbonyl (C=O) groups excluding carboxylic acids is 2. The number of likely N-dealkylation sites (N-methyl/N-ethyl adjacent to an activating group) is 1. The minimum absolute atomic E-state index is 0.00560. The fourth-order valence-corrected chi connectivity index (χ4v) is 7.02. The van der Waals surface area contributed by atoms with Crippen LogP contribution in [0.25, 0.3) is 0 Å². The smallest absolute Gasteiger partial charge is 0.294 e. The molecule has 0 bridgehead atoms. The van der Waals surface area contributed by atoms with Gasteiger partial charge in [-0.3, -0.25) is 19.0 Å². The van der Waals surface area contributed by atoms with Gasteiger partial charge in [0.05, 0.1) is 32.2 Å². The monoisotopic (exact) mass is 547 g/mol. The summed E-state index contributed by atoms with van der Waals surface area (Å²) in [5.41, 5.74) is 0.120. The molecule has 9 nitrogen and oxygen atoms in total. The molecule has 1 amide bonds. The van der Waals surface area contributed by atoms with Crippen LogP contribution in [0.5, 0.6) is 0 Å². The molecule has 4 rings (SSSR count). The summed E-state index contributed by atoms with van der Waals surface area (Å²) in [5.74, 6) is -2.30. The number of fused-ring (bicyclic) bond motifs is 1. The Bertz CT molecular complexity index is 1450. The first kappa shape index (κ1) is 23.8. The van der Waals surface area contributed by atoms with Crippen molar-refractivity contribution < 1.29 is 26.4 Å². The molecule has 33 heavy (non-hydrogen) atoms. The van der Waals surface area contributed by atoms with E-state index in [-0.39, 0.29) is 37.0 Å². The van der Waals surface area contributed by atoms with Crippen molar-refractivity contribution in [2.24, 2.45) is 5.92 Å². The Labute approximate surface area is 203 Å². The number of carbonyl (C=O) groups is 2. The zero-order valence-corrected chi connectivity index (χ0v) is 20.7. The maximum atomic E-state index is 13.1.